The van der Waals surface area contributed by atoms with Gasteiger partial charge in [0.05, 0.1) is 6.10 Å². The molecule has 1 aliphatic rings. The number of benzene rings is 1. The van der Waals surface area contributed by atoms with Crippen molar-refractivity contribution in [3.63, 3.8) is 0 Å². The molecule has 1 fully saturated rings. The summed E-state index contributed by atoms with van der Waals surface area (Å²) in [5.74, 6) is 2.49. The summed E-state index contributed by atoms with van der Waals surface area (Å²) in [4.78, 5) is 0. The molecule has 1 saturated heterocycles. The highest BCUT2D eigenvalue weighted by atomic mass is 32.2. The van der Waals surface area contributed by atoms with Crippen molar-refractivity contribution >= 4 is 11.8 Å². The van der Waals surface area contributed by atoms with Crippen molar-refractivity contribution < 1.29 is 5.11 Å². The predicted octanol–water partition coefficient (Wildman–Crippen LogP) is 1.95. The van der Waals surface area contributed by atoms with E-state index in [1.807, 2.05) is 17.8 Å². The highest BCUT2D eigenvalue weighted by Crippen LogP contribution is 2.26. The van der Waals surface area contributed by atoms with Crippen molar-refractivity contribution in [2.45, 2.75) is 12.5 Å². The van der Waals surface area contributed by atoms with Gasteiger partial charge in [0.2, 0.25) is 0 Å². The van der Waals surface area contributed by atoms with Crippen molar-refractivity contribution in [2.24, 2.45) is 5.92 Å². The second kappa shape index (κ2) is 4.16. The van der Waals surface area contributed by atoms with E-state index >= 15 is 0 Å². The standard InChI is InChI=1S/C11H14OS/c12-11-8-13-7-10(11)6-9-4-2-1-3-5-9/h1-5,10-12H,6-8H2. The zero-order valence-corrected chi connectivity index (χ0v) is 8.33. The largest absolute Gasteiger partial charge is 0.392 e. The molecule has 1 nitrogen and oxygen atoms in total. The van der Waals surface area contributed by atoms with Crippen LogP contribution in [0.1, 0.15) is 5.56 Å². The van der Waals surface area contributed by atoms with E-state index in [2.05, 4.69) is 24.3 Å². The van der Waals surface area contributed by atoms with Crippen LogP contribution in [0.4, 0.5) is 0 Å². The second-order valence-electron chi connectivity index (χ2n) is 3.55. The molecule has 2 unspecified atom stereocenters. The molecule has 0 aromatic heterocycles. The molecular formula is C11H14OS. The van der Waals surface area contributed by atoms with Crippen LogP contribution in [-0.2, 0) is 6.42 Å². The molecular weight excluding hydrogens is 180 g/mol. The third kappa shape index (κ3) is 2.26. The lowest BCUT2D eigenvalue weighted by atomic mass is 9.97. The van der Waals surface area contributed by atoms with E-state index in [1.165, 1.54) is 5.56 Å². The maximum atomic E-state index is 9.63. The molecule has 13 heavy (non-hydrogen) atoms. The molecule has 1 N–H and O–H groups in total. The molecule has 0 radical (unpaired) electrons. The third-order valence-corrected chi connectivity index (χ3v) is 3.75. The Labute approximate surface area is 83.2 Å². The van der Waals surface area contributed by atoms with E-state index in [1.54, 1.807) is 0 Å². The first kappa shape index (κ1) is 9.10. The first-order chi connectivity index (χ1) is 6.36. The van der Waals surface area contributed by atoms with Gasteiger partial charge in [0.1, 0.15) is 0 Å². The number of rotatable bonds is 2. The van der Waals surface area contributed by atoms with E-state index in [0.29, 0.717) is 5.92 Å². The molecule has 0 amide bonds. The van der Waals surface area contributed by atoms with Gasteiger partial charge >= 0.3 is 0 Å². The van der Waals surface area contributed by atoms with Crippen LogP contribution in [0.25, 0.3) is 0 Å². The summed E-state index contributed by atoms with van der Waals surface area (Å²) < 4.78 is 0. The van der Waals surface area contributed by atoms with Crippen molar-refractivity contribution in [3.8, 4) is 0 Å². The quantitative estimate of drug-likeness (QED) is 0.776. The van der Waals surface area contributed by atoms with Crippen LogP contribution >= 0.6 is 11.8 Å². The molecule has 2 heteroatoms. The van der Waals surface area contributed by atoms with Crippen LogP contribution in [0.15, 0.2) is 30.3 Å². The lowest BCUT2D eigenvalue weighted by molar-refractivity contribution is 0.150. The average molecular weight is 194 g/mol. The highest BCUT2D eigenvalue weighted by Gasteiger charge is 2.25. The van der Waals surface area contributed by atoms with Gasteiger partial charge in [-0.25, -0.2) is 0 Å². The van der Waals surface area contributed by atoms with Gasteiger partial charge in [0.15, 0.2) is 0 Å². The van der Waals surface area contributed by atoms with E-state index in [9.17, 15) is 5.11 Å². The molecule has 0 aliphatic carbocycles. The first-order valence-electron chi connectivity index (χ1n) is 4.66. The van der Waals surface area contributed by atoms with Crippen LogP contribution < -0.4 is 0 Å². The summed E-state index contributed by atoms with van der Waals surface area (Å²) >= 11 is 1.86. The second-order valence-corrected chi connectivity index (χ2v) is 4.63. The summed E-state index contributed by atoms with van der Waals surface area (Å²) in [6.45, 7) is 0. The van der Waals surface area contributed by atoms with Gasteiger partial charge in [-0.3, -0.25) is 0 Å². The summed E-state index contributed by atoms with van der Waals surface area (Å²) in [5.41, 5.74) is 1.34. The Kier molecular flexibility index (Phi) is 2.91. The van der Waals surface area contributed by atoms with Crippen molar-refractivity contribution in [1.82, 2.24) is 0 Å². The van der Waals surface area contributed by atoms with Crippen LogP contribution in [0, 0.1) is 5.92 Å². The van der Waals surface area contributed by atoms with Gasteiger partial charge in [0, 0.05) is 5.75 Å². The lowest BCUT2D eigenvalue weighted by Gasteiger charge is -2.12. The van der Waals surface area contributed by atoms with Gasteiger partial charge < -0.3 is 5.11 Å². The number of aliphatic hydroxyl groups excluding tert-OH is 1. The molecule has 0 saturated carbocycles. The van der Waals surface area contributed by atoms with E-state index in [4.69, 9.17) is 0 Å². The van der Waals surface area contributed by atoms with Crippen LogP contribution in [0.2, 0.25) is 0 Å². The lowest BCUT2D eigenvalue weighted by Crippen LogP contribution is -2.19. The third-order valence-electron chi connectivity index (χ3n) is 2.51. The zero-order valence-electron chi connectivity index (χ0n) is 7.52. The minimum absolute atomic E-state index is 0.0924. The maximum absolute atomic E-state index is 9.63. The SMILES string of the molecule is OC1CSCC1Cc1ccccc1. The maximum Gasteiger partial charge on any atom is 0.0669 e. The zero-order chi connectivity index (χ0) is 9.10. The van der Waals surface area contributed by atoms with Gasteiger partial charge in [-0.15, -0.1) is 0 Å². The van der Waals surface area contributed by atoms with E-state index < -0.39 is 0 Å². The smallest absolute Gasteiger partial charge is 0.0669 e. The highest BCUT2D eigenvalue weighted by molar-refractivity contribution is 7.99. The Morgan fingerprint density at radius 2 is 2.00 bits per heavy atom. The molecule has 70 valence electrons. The summed E-state index contributed by atoms with van der Waals surface area (Å²) in [6, 6.07) is 10.4. The summed E-state index contributed by atoms with van der Waals surface area (Å²) in [5, 5.41) is 9.63. The molecule has 1 aromatic rings. The van der Waals surface area contributed by atoms with Crippen molar-refractivity contribution in [3.05, 3.63) is 35.9 Å². The number of aliphatic hydroxyl groups is 1. The minimum Gasteiger partial charge on any atom is -0.392 e. The van der Waals surface area contributed by atoms with Crippen LogP contribution in [0.5, 0.6) is 0 Å². The summed E-state index contributed by atoms with van der Waals surface area (Å²) in [6.07, 6.45) is 0.930. The molecule has 1 aromatic carbocycles. The van der Waals surface area contributed by atoms with Gasteiger partial charge in [-0.1, -0.05) is 30.3 Å². The molecule has 2 rings (SSSR count). The fraction of sp³-hybridized carbons (Fsp3) is 0.455. The minimum atomic E-state index is -0.0924. The Bertz CT molecular complexity index is 260. The molecule has 0 spiro atoms. The van der Waals surface area contributed by atoms with Crippen LogP contribution in [-0.4, -0.2) is 22.7 Å². The number of hydrogen-bond acceptors (Lipinski definition) is 2. The van der Waals surface area contributed by atoms with Crippen molar-refractivity contribution in [1.29, 1.82) is 0 Å². The number of thioether (sulfide) groups is 1. The first-order valence-corrected chi connectivity index (χ1v) is 5.81. The monoisotopic (exact) mass is 194 g/mol. The number of hydrogen-bond donors (Lipinski definition) is 1. The van der Waals surface area contributed by atoms with Gasteiger partial charge in [-0.05, 0) is 23.7 Å². The van der Waals surface area contributed by atoms with Crippen molar-refractivity contribution in [2.75, 3.05) is 11.5 Å². The Balaban J connectivity index is 1.98. The molecule has 0 bridgehead atoms. The van der Waals surface area contributed by atoms with Gasteiger partial charge in [-0.2, -0.15) is 11.8 Å². The molecule has 1 heterocycles. The molecule has 2 atom stereocenters. The topological polar surface area (TPSA) is 20.2 Å². The predicted molar refractivity (Wildman–Crippen MR) is 57.0 cm³/mol. The Morgan fingerprint density at radius 1 is 1.23 bits per heavy atom. The van der Waals surface area contributed by atoms with Crippen LogP contribution in [0.3, 0.4) is 0 Å². The summed E-state index contributed by atoms with van der Waals surface area (Å²) in [7, 11) is 0. The average Bonchev–Trinajstić information content (AvgIpc) is 2.54. The van der Waals surface area contributed by atoms with Gasteiger partial charge in [0.25, 0.3) is 0 Å². The van der Waals surface area contributed by atoms with E-state index in [0.717, 1.165) is 17.9 Å². The fourth-order valence-electron chi connectivity index (χ4n) is 1.70. The molecule has 1 aliphatic heterocycles. The fourth-order valence-corrected chi connectivity index (χ4v) is 2.99. The van der Waals surface area contributed by atoms with E-state index in [-0.39, 0.29) is 6.10 Å². The Morgan fingerprint density at radius 3 is 2.62 bits per heavy atom. The normalized spacial score (nSPS) is 27.8. The Hall–Kier alpha value is -0.470.